The van der Waals surface area contributed by atoms with Crippen LogP contribution in [-0.2, 0) is 10.0 Å². The summed E-state index contributed by atoms with van der Waals surface area (Å²) >= 11 is 6.11. The zero-order chi connectivity index (χ0) is 14.9. The Hall–Kier alpha value is -0.580. The lowest BCUT2D eigenvalue weighted by atomic mass is 9.95. The molecule has 1 heterocycles. The van der Waals surface area contributed by atoms with Gasteiger partial charge in [-0.15, -0.1) is 11.6 Å². The van der Waals surface area contributed by atoms with Crippen molar-refractivity contribution in [3.63, 3.8) is 0 Å². The van der Waals surface area contributed by atoms with Gasteiger partial charge >= 0.3 is 0 Å². The normalized spacial score (nSPS) is 20.0. The minimum absolute atomic E-state index is 0.112. The Bertz CT molecular complexity index is 576. The third kappa shape index (κ3) is 3.18. The molecule has 1 atom stereocenters. The summed E-state index contributed by atoms with van der Waals surface area (Å²) in [6.07, 6.45) is 1.68. The first-order valence-corrected chi connectivity index (χ1v) is 8.91. The quantitative estimate of drug-likeness (QED) is 0.802. The summed E-state index contributed by atoms with van der Waals surface area (Å²) in [5.74, 6) is 0.418. The van der Waals surface area contributed by atoms with Crippen molar-refractivity contribution in [2.24, 2.45) is 5.92 Å². The fraction of sp³-hybridized carbons (Fsp3) is 0.600. The second kappa shape index (κ2) is 6.04. The summed E-state index contributed by atoms with van der Waals surface area (Å²) < 4.78 is 27.1. The highest BCUT2D eigenvalue weighted by atomic mass is 35.5. The fourth-order valence-corrected chi connectivity index (χ4v) is 4.73. The SMILES string of the molecule is Cc1ccc(C)c(S(=O)(=O)N2CCC(C(C)Cl)CC2)c1. The van der Waals surface area contributed by atoms with Crippen molar-refractivity contribution in [2.45, 2.75) is 43.9 Å². The van der Waals surface area contributed by atoms with Gasteiger partial charge in [0.2, 0.25) is 10.0 Å². The lowest BCUT2D eigenvalue weighted by Gasteiger charge is -2.32. The van der Waals surface area contributed by atoms with E-state index in [-0.39, 0.29) is 5.38 Å². The van der Waals surface area contributed by atoms with Gasteiger partial charge in [0.05, 0.1) is 4.90 Å². The molecular weight excluding hydrogens is 294 g/mol. The number of halogens is 1. The zero-order valence-corrected chi connectivity index (χ0v) is 13.8. The minimum atomic E-state index is -3.37. The van der Waals surface area contributed by atoms with Crippen LogP contribution in [0.2, 0.25) is 0 Å². The molecule has 1 aliphatic heterocycles. The number of benzene rings is 1. The van der Waals surface area contributed by atoms with Crippen LogP contribution in [0.4, 0.5) is 0 Å². The molecule has 0 N–H and O–H groups in total. The van der Waals surface area contributed by atoms with E-state index in [1.165, 1.54) is 0 Å². The average Bonchev–Trinajstić information content (AvgIpc) is 2.41. The van der Waals surface area contributed by atoms with Gasteiger partial charge in [0.15, 0.2) is 0 Å². The van der Waals surface area contributed by atoms with Crippen LogP contribution in [0.25, 0.3) is 0 Å². The van der Waals surface area contributed by atoms with Gasteiger partial charge in [-0.2, -0.15) is 4.31 Å². The van der Waals surface area contributed by atoms with Crippen LogP contribution < -0.4 is 0 Å². The van der Waals surface area contributed by atoms with E-state index in [1.54, 1.807) is 10.4 Å². The predicted octanol–water partition coefficient (Wildman–Crippen LogP) is 3.33. The molecule has 2 rings (SSSR count). The van der Waals surface area contributed by atoms with E-state index >= 15 is 0 Å². The predicted molar refractivity (Wildman–Crippen MR) is 82.7 cm³/mol. The minimum Gasteiger partial charge on any atom is -0.207 e. The Morgan fingerprint density at radius 1 is 1.25 bits per heavy atom. The second-order valence-electron chi connectivity index (χ2n) is 5.69. The molecule has 0 amide bonds. The van der Waals surface area contributed by atoms with Crippen LogP contribution in [0, 0.1) is 19.8 Å². The third-order valence-corrected chi connectivity index (χ3v) is 6.51. The topological polar surface area (TPSA) is 37.4 Å². The van der Waals surface area contributed by atoms with E-state index in [2.05, 4.69) is 0 Å². The summed E-state index contributed by atoms with van der Waals surface area (Å²) in [6, 6.07) is 5.58. The van der Waals surface area contributed by atoms with Gasteiger partial charge in [-0.3, -0.25) is 0 Å². The first-order chi connectivity index (χ1) is 9.32. The monoisotopic (exact) mass is 315 g/mol. The molecule has 0 bridgehead atoms. The molecule has 112 valence electrons. The summed E-state index contributed by atoms with van der Waals surface area (Å²) in [7, 11) is -3.37. The zero-order valence-electron chi connectivity index (χ0n) is 12.3. The van der Waals surface area contributed by atoms with Crippen LogP contribution in [-0.4, -0.2) is 31.2 Å². The Balaban J connectivity index is 2.22. The number of nitrogens with zero attached hydrogens (tertiary/aromatic N) is 1. The molecule has 0 aromatic heterocycles. The number of aryl methyl sites for hydroxylation is 2. The number of hydrogen-bond donors (Lipinski definition) is 0. The fourth-order valence-electron chi connectivity index (χ4n) is 2.70. The molecule has 1 saturated heterocycles. The second-order valence-corrected chi connectivity index (χ2v) is 8.28. The van der Waals surface area contributed by atoms with Gasteiger partial charge in [0.25, 0.3) is 0 Å². The highest BCUT2D eigenvalue weighted by Crippen LogP contribution is 2.29. The van der Waals surface area contributed by atoms with E-state index in [1.807, 2.05) is 32.9 Å². The van der Waals surface area contributed by atoms with Crippen LogP contribution in [0.15, 0.2) is 23.1 Å². The molecule has 1 aromatic rings. The molecular formula is C15H22ClNO2S. The smallest absolute Gasteiger partial charge is 0.207 e. The molecule has 1 unspecified atom stereocenters. The van der Waals surface area contributed by atoms with Crippen LogP contribution in [0.3, 0.4) is 0 Å². The van der Waals surface area contributed by atoms with E-state index in [9.17, 15) is 8.42 Å². The van der Waals surface area contributed by atoms with Crippen LogP contribution in [0.5, 0.6) is 0 Å². The molecule has 20 heavy (non-hydrogen) atoms. The van der Waals surface area contributed by atoms with Crippen molar-refractivity contribution in [3.8, 4) is 0 Å². The maximum atomic E-state index is 12.7. The highest BCUT2D eigenvalue weighted by molar-refractivity contribution is 7.89. The highest BCUT2D eigenvalue weighted by Gasteiger charge is 2.31. The number of hydrogen-bond acceptors (Lipinski definition) is 2. The summed E-state index contributed by atoms with van der Waals surface area (Å²) in [4.78, 5) is 0.440. The number of sulfonamides is 1. The van der Waals surface area contributed by atoms with Crippen LogP contribution in [0.1, 0.15) is 30.9 Å². The largest absolute Gasteiger partial charge is 0.243 e. The maximum Gasteiger partial charge on any atom is 0.243 e. The van der Waals surface area contributed by atoms with Gasteiger partial charge in [-0.05, 0) is 56.7 Å². The molecule has 1 aliphatic rings. The maximum absolute atomic E-state index is 12.7. The van der Waals surface area contributed by atoms with Crippen molar-refractivity contribution < 1.29 is 8.42 Å². The Labute approximate surface area is 127 Å². The van der Waals surface area contributed by atoms with Gasteiger partial charge in [0, 0.05) is 18.5 Å². The van der Waals surface area contributed by atoms with E-state index < -0.39 is 10.0 Å². The first kappa shape index (κ1) is 15.8. The molecule has 0 radical (unpaired) electrons. The van der Waals surface area contributed by atoms with Gasteiger partial charge < -0.3 is 0 Å². The number of rotatable bonds is 3. The number of piperidine rings is 1. The van der Waals surface area contributed by atoms with Gasteiger partial charge in [-0.1, -0.05) is 12.1 Å². The van der Waals surface area contributed by atoms with E-state index in [0.29, 0.717) is 23.9 Å². The third-order valence-electron chi connectivity index (χ3n) is 4.11. The van der Waals surface area contributed by atoms with E-state index in [4.69, 9.17) is 11.6 Å². The van der Waals surface area contributed by atoms with Crippen molar-refractivity contribution in [1.82, 2.24) is 4.31 Å². The summed E-state index contributed by atoms with van der Waals surface area (Å²) in [5, 5.41) is 0.112. The standard InChI is InChI=1S/C15H22ClNO2S/c1-11-4-5-12(2)15(10-11)20(18,19)17-8-6-14(7-9-17)13(3)16/h4-5,10,13-14H,6-9H2,1-3H3. The van der Waals surface area contributed by atoms with Crippen molar-refractivity contribution in [3.05, 3.63) is 29.3 Å². The molecule has 1 aromatic carbocycles. The molecule has 0 saturated carbocycles. The lowest BCUT2D eigenvalue weighted by Crippen LogP contribution is -2.40. The van der Waals surface area contributed by atoms with Crippen LogP contribution >= 0.6 is 11.6 Å². The lowest BCUT2D eigenvalue weighted by molar-refractivity contribution is 0.271. The summed E-state index contributed by atoms with van der Waals surface area (Å²) in [6.45, 7) is 6.88. The van der Waals surface area contributed by atoms with Gasteiger partial charge in [-0.25, -0.2) is 8.42 Å². The average molecular weight is 316 g/mol. The van der Waals surface area contributed by atoms with Crippen molar-refractivity contribution in [2.75, 3.05) is 13.1 Å². The van der Waals surface area contributed by atoms with E-state index in [0.717, 1.165) is 24.0 Å². The molecule has 0 spiro atoms. The molecule has 5 heteroatoms. The first-order valence-electron chi connectivity index (χ1n) is 7.04. The Morgan fingerprint density at radius 2 is 1.85 bits per heavy atom. The Morgan fingerprint density at radius 3 is 2.40 bits per heavy atom. The molecule has 0 aliphatic carbocycles. The molecule has 1 fully saturated rings. The summed E-state index contributed by atoms with van der Waals surface area (Å²) in [5.41, 5.74) is 1.78. The van der Waals surface area contributed by atoms with Crippen molar-refractivity contribution >= 4 is 21.6 Å². The van der Waals surface area contributed by atoms with Crippen molar-refractivity contribution in [1.29, 1.82) is 0 Å². The number of alkyl halides is 1. The Kier molecular flexibility index (Phi) is 4.77. The van der Waals surface area contributed by atoms with Gasteiger partial charge in [0.1, 0.15) is 0 Å². The molecule has 3 nitrogen and oxygen atoms in total.